The Morgan fingerprint density at radius 3 is 2.71 bits per heavy atom. The standard InChI is InChI=1S/C7H7IN6/c8-5-1-9-7(10-2-5)11-3-6-12-4-13-14-6/h1-2,4H,3H2,(H,9,10,11)(H,12,13,14). The summed E-state index contributed by atoms with van der Waals surface area (Å²) in [4.78, 5) is 12.1. The number of halogens is 1. The van der Waals surface area contributed by atoms with Crippen molar-refractivity contribution in [2.24, 2.45) is 0 Å². The Bertz CT molecular complexity index is 383. The van der Waals surface area contributed by atoms with E-state index in [1.165, 1.54) is 6.33 Å². The molecule has 0 aliphatic carbocycles. The molecule has 6 nitrogen and oxygen atoms in total. The van der Waals surface area contributed by atoms with E-state index in [1.807, 2.05) is 0 Å². The van der Waals surface area contributed by atoms with Gasteiger partial charge in [-0.25, -0.2) is 15.0 Å². The zero-order valence-corrected chi connectivity index (χ0v) is 9.26. The lowest BCUT2D eigenvalue weighted by Crippen LogP contribution is -2.04. The molecule has 2 rings (SSSR count). The Kier molecular flexibility index (Phi) is 2.87. The van der Waals surface area contributed by atoms with Crippen LogP contribution in [-0.4, -0.2) is 25.1 Å². The molecule has 0 spiro atoms. The Hall–Kier alpha value is -1.25. The fraction of sp³-hybridized carbons (Fsp3) is 0.143. The van der Waals surface area contributed by atoms with E-state index in [1.54, 1.807) is 12.4 Å². The lowest BCUT2D eigenvalue weighted by atomic mass is 10.6. The van der Waals surface area contributed by atoms with Crippen molar-refractivity contribution in [3.63, 3.8) is 0 Å². The molecular formula is C7H7IN6. The minimum atomic E-state index is 0.542. The van der Waals surface area contributed by atoms with Crippen LogP contribution >= 0.6 is 22.6 Å². The Balaban J connectivity index is 1.95. The highest BCUT2D eigenvalue weighted by molar-refractivity contribution is 14.1. The molecule has 0 unspecified atom stereocenters. The van der Waals surface area contributed by atoms with Gasteiger partial charge in [0.25, 0.3) is 0 Å². The van der Waals surface area contributed by atoms with Crippen LogP contribution in [0.25, 0.3) is 0 Å². The van der Waals surface area contributed by atoms with Gasteiger partial charge >= 0.3 is 0 Å². The van der Waals surface area contributed by atoms with Gasteiger partial charge in [0, 0.05) is 16.0 Å². The van der Waals surface area contributed by atoms with Gasteiger partial charge in [0.05, 0.1) is 6.54 Å². The second kappa shape index (κ2) is 4.31. The van der Waals surface area contributed by atoms with E-state index in [4.69, 9.17) is 0 Å². The molecule has 7 heteroatoms. The summed E-state index contributed by atoms with van der Waals surface area (Å²) in [5.74, 6) is 1.34. The third-order valence-corrected chi connectivity index (χ3v) is 2.06. The average molecular weight is 302 g/mol. The van der Waals surface area contributed by atoms with E-state index in [2.05, 4.69) is 53.1 Å². The topological polar surface area (TPSA) is 79.4 Å². The molecule has 0 amide bonds. The summed E-state index contributed by atoms with van der Waals surface area (Å²) >= 11 is 2.15. The number of aromatic amines is 1. The average Bonchev–Trinajstić information content (AvgIpc) is 2.70. The first-order valence-corrected chi connectivity index (χ1v) is 4.98. The molecule has 2 aromatic heterocycles. The zero-order valence-electron chi connectivity index (χ0n) is 7.11. The van der Waals surface area contributed by atoms with Crippen molar-refractivity contribution in [3.05, 3.63) is 28.1 Å². The number of hydrogen-bond acceptors (Lipinski definition) is 5. The first-order valence-electron chi connectivity index (χ1n) is 3.90. The van der Waals surface area contributed by atoms with E-state index in [0.29, 0.717) is 12.5 Å². The monoisotopic (exact) mass is 302 g/mol. The molecule has 0 aliphatic heterocycles. The summed E-state index contributed by atoms with van der Waals surface area (Å²) in [5, 5.41) is 9.48. The molecule has 0 bridgehead atoms. The van der Waals surface area contributed by atoms with E-state index >= 15 is 0 Å². The van der Waals surface area contributed by atoms with Crippen molar-refractivity contribution >= 4 is 28.5 Å². The molecule has 2 heterocycles. The Morgan fingerprint density at radius 2 is 2.07 bits per heavy atom. The quantitative estimate of drug-likeness (QED) is 0.820. The van der Waals surface area contributed by atoms with E-state index in [-0.39, 0.29) is 0 Å². The summed E-state index contributed by atoms with van der Waals surface area (Å²) < 4.78 is 1.01. The molecule has 14 heavy (non-hydrogen) atoms. The highest BCUT2D eigenvalue weighted by Crippen LogP contribution is 2.03. The largest absolute Gasteiger partial charge is 0.347 e. The van der Waals surface area contributed by atoms with Crippen molar-refractivity contribution in [1.82, 2.24) is 25.1 Å². The molecule has 0 aliphatic rings. The lowest BCUT2D eigenvalue weighted by Gasteiger charge is -2.00. The zero-order chi connectivity index (χ0) is 9.80. The maximum atomic E-state index is 4.09. The molecule has 0 aromatic carbocycles. The van der Waals surface area contributed by atoms with Crippen molar-refractivity contribution in [1.29, 1.82) is 0 Å². The fourth-order valence-electron chi connectivity index (χ4n) is 0.882. The molecular weight excluding hydrogens is 295 g/mol. The molecule has 0 saturated carbocycles. The second-order valence-corrected chi connectivity index (χ2v) is 3.76. The number of rotatable bonds is 3. The van der Waals surface area contributed by atoms with Crippen LogP contribution < -0.4 is 5.32 Å². The van der Waals surface area contributed by atoms with Crippen LogP contribution in [0, 0.1) is 3.57 Å². The third kappa shape index (κ3) is 2.37. The van der Waals surface area contributed by atoms with Gasteiger partial charge in [0.2, 0.25) is 5.95 Å². The molecule has 0 saturated heterocycles. The fourth-order valence-corrected chi connectivity index (χ4v) is 1.16. The van der Waals surface area contributed by atoms with Crippen molar-refractivity contribution in [3.8, 4) is 0 Å². The van der Waals surface area contributed by atoms with Gasteiger partial charge in [-0.15, -0.1) is 0 Å². The van der Waals surface area contributed by atoms with Gasteiger partial charge in [0.15, 0.2) is 0 Å². The number of H-pyrrole nitrogens is 1. The number of hydrogen-bond donors (Lipinski definition) is 2. The van der Waals surface area contributed by atoms with Crippen LogP contribution in [0.5, 0.6) is 0 Å². The summed E-state index contributed by atoms with van der Waals surface area (Å²) in [6, 6.07) is 0. The minimum Gasteiger partial charge on any atom is -0.347 e. The molecule has 2 aromatic rings. The molecule has 72 valence electrons. The molecule has 2 N–H and O–H groups in total. The smallest absolute Gasteiger partial charge is 0.223 e. The van der Waals surface area contributed by atoms with Gasteiger partial charge in [-0.2, -0.15) is 5.10 Å². The van der Waals surface area contributed by atoms with Crippen molar-refractivity contribution < 1.29 is 0 Å². The highest BCUT2D eigenvalue weighted by atomic mass is 127. The van der Waals surface area contributed by atoms with E-state index < -0.39 is 0 Å². The summed E-state index contributed by atoms with van der Waals surface area (Å²) in [7, 11) is 0. The first-order chi connectivity index (χ1) is 6.84. The summed E-state index contributed by atoms with van der Waals surface area (Å²) in [6.45, 7) is 0.542. The van der Waals surface area contributed by atoms with Crippen LogP contribution in [0.3, 0.4) is 0 Å². The lowest BCUT2D eigenvalue weighted by molar-refractivity contribution is 0.934. The van der Waals surface area contributed by atoms with Gasteiger partial charge in [-0.05, 0) is 22.6 Å². The van der Waals surface area contributed by atoms with E-state index in [9.17, 15) is 0 Å². The second-order valence-electron chi connectivity index (χ2n) is 2.51. The molecule has 0 atom stereocenters. The Morgan fingerprint density at radius 1 is 1.29 bits per heavy atom. The van der Waals surface area contributed by atoms with Gasteiger partial charge in [-0.3, -0.25) is 5.10 Å². The van der Waals surface area contributed by atoms with Gasteiger partial charge < -0.3 is 5.32 Å². The maximum Gasteiger partial charge on any atom is 0.223 e. The summed E-state index contributed by atoms with van der Waals surface area (Å²) in [5.41, 5.74) is 0. The number of anilines is 1. The van der Waals surface area contributed by atoms with Crippen LogP contribution in [0.15, 0.2) is 18.7 Å². The Labute approximate surface area is 93.7 Å². The van der Waals surface area contributed by atoms with Crippen LogP contribution in [0.1, 0.15) is 5.82 Å². The first kappa shape index (κ1) is 9.31. The van der Waals surface area contributed by atoms with Crippen molar-refractivity contribution in [2.45, 2.75) is 6.54 Å². The number of nitrogens with zero attached hydrogens (tertiary/aromatic N) is 4. The minimum absolute atomic E-state index is 0.542. The molecule has 0 fully saturated rings. The third-order valence-electron chi connectivity index (χ3n) is 1.50. The SMILES string of the molecule is Ic1cnc(NCc2ncn[nH]2)nc1. The predicted octanol–water partition coefficient (Wildman–Crippen LogP) is 0.811. The maximum absolute atomic E-state index is 4.09. The normalized spacial score (nSPS) is 10.1. The van der Waals surface area contributed by atoms with Crippen LogP contribution in [-0.2, 0) is 6.54 Å². The van der Waals surface area contributed by atoms with Gasteiger partial charge in [-0.1, -0.05) is 0 Å². The van der Waals surface area contributed by atoms with Crippen molar-refractivity contribution in [2.75, 3.05) is 5.32 Å². The van der Waals surface area contributed by atoms with Crippen LogP contribution in [0.4, 0.5) is 5.95 Å². The van der Waals surface area contributed by atoms with Gasteiger partial charge in [0.1, 0.15) is 12.2 Å². The number of aromatic nitrogens is 5. The van der Waals surface area contributed by atoms with E-state index in [0.717, 1.165) is 9.39 Å². The molecule has 0 radical (unpaired) electrons. The highest BCUT2D eigenvalue weighted by Gasteiger charge is 1.97. The summed E-state index contributed by atoms with van der Waals surface area (Å²) in [6.07, 6.45) is 4.96. The van der Waals surface area contributed by atoms with Crippen LogP contribution in [0.2, 0.25) is 0 Å². The number of nitrogens with one attached hydrogen (secondary N) is 2. The predicted molar refractivity (Wildman–Crippen MR) is 58.5 cm³/mol.